The molecule has 3 rings (SSSR count). The van der Waals surface area contributed by atoms with Gasteiger partial charge in [0.25, 0.3) is 0 Å². The van der Waals surface area contributed by atoms with Gasteiger partial charge in [-0.2, -0.15) is 0 Å². The lowest BCUT2D eigenvalue weighted by molar-refractivity contribution is 0.483. The Hall–Kier alpha value is -1.87. The fourth-order valence-corrected chi connectivity index (χ4v) is 2.21. The molecular weight excluding hydrogens is 302 g/mol. The molecule has 2 aromatic carbocycles. The van der Waals surface area contributed by atoms with Gasteiger partial charge in [-0.05, 0) is 65.3 Å². The van der Waals surface area contributed by atoms with Crippen LogP contribution < -0.4 is 4.74 Å². The van der Waals surface area contributed by atoms with Gasteiger partial charge in [0.15, 0.2) is 0 Å². The van der Waals surface area contributed by atoms with Crippen LogP contribution in [-0.2, 0) is 0 Å². The zero-order chi connectivity index (χ0) is 13.2. The van der Waals surface area contributed by atoms with Crippen molar-refractivity contribution in [2.75, 3.05) is 0 Å². The molecule has 3 heteroatoms. The maximum atomic E-state index is 5.83. The number of fused-ring (bicyclic) bond motifs is 1. The van der Waals surface area contributed by atoms with Crippen molar-refractivity contribution in [3.8, 4) is 11.5 Å². The van der Waals surface area contributed by atoms with Crippen LogP contribution >= 0.6 is 15.9 Å². The molecule has 0 bridgehead atoms. The van der Waals surface area contributed by atoms with Crippen molar-refractivity contribution in [1.82, 2.24) is 4.98 Å². The molecule has 0 spiro atoms. The molecule has 0 amide bonds. The molecule has 0 saturated carbocycles. The predicted octanol–water partition coefficient (Wildman–Crippen LogP) is 5.10. The Bertz CT molecular complexity index is 722. The van der Waals surface area contributed by atoms with Crippen LogP contribution in [0.4, 0.5) is 0 Å². The van der Waals surface area contributed by atoms with Crippen LogP contribution in [0.2, 0.25) is 0 Å². The maximum Gasteiger partial charge on any atom is 0.128 e. The molecular formula is C16H12BrNO. The molecule has 0 unspecified atom stereocenters. The molecule has 0 aliphatic rings. The zero-order valence-corrected chi connectivity index (χ0v) is 12.0. The van der Waals surface area contributed by atoms with Crippen LogP contribution in [0.1, 0.15) is 5.56 Å². The minimum atomic E-state index is 0.820. The van der Waals surface area contributed by atoms with Gasteiger partial charge < -0.3 is 4.74 Å². The van der Waals surface area contributed by atoms with Gasteiger partial charge in [-0.3, -0.25) is 0 Å². The van der Waals surface area contributed by atoms with E-state index in [1.165, 1.54) is 5.56 Å². The number of nitrogens with zero attached hydrogens (tertiary/aromatic N) is 1. The lowest BCUT2D eigenvalue weighted by Gasteiger charge is -2.07. The van der Waals surface area contributed by atoms with E-state index in [4.69, 9.17) is 4.74 Å². The fraction of sp³-hybridized carbons (Fsp3) is 0.0625. The lowest BCUT2D eigenvalue weighted by Crippen LogP contribution is -1.86. The average Bonchev–Trinajstić information content (AvgIpc) is 2.42. The minimum absolute atomic E-state index is 0.820. The first-order chi connectivity index (χ1) is 9.20. The van der Waals surface area contributed by atoms with Crippen LogP contribution in [0, 0.1) is 6.92 Å². The van der Waals surface area contributed by atoms with Gasteiger partial charge in [-0.25, -0.2) is 4.98 Å². The summed E-state index contributed by atoms with van der Waals surface area (Å²) in [6.45, 7) is 2.06. The largest absolute Gasteiger partial charge is 0.457 e. The summed E-state index contributed by atoms with van der Waals surface area (Å²) in [5, 5.41) is 1.06. The van der Waals surface area contributed by atoms with Crippen molar-refractivity contribution < 1.29 is 4.74 Å². The predicted molar refractivity (Wildman–Crippen MR) is 80.7 cm³/mol. The molecule has 0 atom stereocenters. The normalized spacial score (nSPS) is 10.6. The third-order valence-electron chi connectivity index (χ3n) is 2.88. The number of pyridine rings is 1. The van der Waals surface area contributed by atoms with E-state index in [0.29, 0.717) is 0 Å². The van der Waals surface area contributed by atoms with Crippen molar-refractivity contribution in [1.29, 1.82) is 0 Å². The monoisotopic (exact) mass is 313 g/mol. The van der Waals surface area contributed by atoms with E-state index in [9.17, 15) is 0 Å². The number of halogens is 1. The Kier molecular flexibility index (Phi) is 3.22. The summed E-state index contributed by atoms with van der Waals surface area (Å²) in [6, 6.07) is 17.9. The summed E-state index contributed by atoms with van der Waals surface area (Å²) in [5.74, 6) is 1.66. The maximum absolute atomic E-state index is 5.83. The van der Waals surface area contributed by atoms with Crippen molar-refractivity contribution in [3.63, 3.8) is 0 Å². The Morgan fingerprint density at radius 3 is 2.42 bits per heavy atom. The molecule has 1 aromatic heterocycles. The molecule has 3 aromatic rings. The van der Waals surface area contributed by atoms with Crippen LogP contribution in [-0.4, -0.2) is 4.98 Å². The number of benzene rings is 2. The second-order valence-corrected chi connectivity index (χ2v) is 5.22. The third kappa shape index (κ3) is 2.76. The van der Waals surface area contributed by atoms with E-state index in [1.54, 1.807) is 0 Å². The molecule has 0 N–H and O–H groups in total. The fourth-order valence-electron chi connectivity index (χ4n) is 1.88. The summed E-state index contributed by atoms with van der Waals surface area (Å²) < 4.78 is 6.67. The van der Waals surface area contributed by atoms with Gasteiger partial charge in [0.1, 0.15) is 16.1 Å². The van der Waals surface area contributed by atoms with Gasteiger partial charge in [0.2, 0.25) is 0 Å². The number of aryl methyl sites for hydroxylation is 1. The van der Waals surface area contributed by atoms with Crippen LogP contribution in [0.15, 0.2) is 59.2 Å². The number of hydrogen-bond acceptors (Lipinski definition) is 2. The molecule has 0 radical (unpaired) electrons. The smallest absolute Gasteiger partial charge is 0.128 e. The zero-order valence-electron chi connectivity index (χ0n) is 10.4. The second-order valence-electron chi connectivity index (χ2n) is 4.40. The van der Waals surface area contributed by atoms with Gasteiger partial charge in [0, 0.05) is 5.39 Å². The number of ether oxygens (including phenoxy) is 1. The summed E-state index contributed by atoms with van der Waals surface area (Å²) >= 11 is 3.37. The molecule has 2 nitrogen and oxygen atoms in total. The topological polar surface area (TPSA) is 22.1 Å². The second kappa shape index (κ2) is 5.02. The number of hydrogen-bond donors (Lipinski definition) is 0. The van der Waals surface area contributed by atoms with E-state index >= 15 is 0 Å². The van der Waals surface area contributed by atoms with Crippen molar-refractivity contribution >= 4 is 26.8 Å². The first kappa shape index (κ1) is 12.2. The van der Waals surface area contributed by atoms with Gasteiger partial charge in [0.05, 0.1) is 5.52 Å². The van der Waals surface area contributed by atoms with E-state index in [1.807, 2.05) is 54.6 Å². The number of aromatic nitrogens is 1. The molecule has 0 aliphatic carbocycles. The van der Waals surface area contributed by atoms with E-state index in [2.05, 4.69) is 27.8 Å². The Morgan fingerprint density at radius 1 is 0.895 bits per heavy atom. The highest BCUT2D eigenvalue weighted by atomic mass is 79.9. The summed E-state index contributed by atoms with van der Waals surface area (Å²) in [4.78, 5) is 4.40. The van der Waals surface area contributed by atoms with Gasteiger partial charge in [-0.15, -0.1) is 0 Å². The first-order valence-electron chi connectivity index (χ1n) is 6.01. The van der Waals surface area contributed by atoms with E-state index in [-0.39, 0.29) is 0 Å². The first-order valence-corrected chi connectivity index (χ1v) is 6.81. The standard InChI is InChI=1S/C16H12BrNO/c1-11-2-5-13(6-3-11)19-14-7-8-15-12(10-14)4-9-16(17)18-15/h2-10H,1H3. The SMILES string of the molecule is Cc1ccc(Oc2ccc3nc(Br)ccc3c2)cc1. The summed E-state index contributed by atoms with van der Waals surface area (Å²) in [7, 11) is 0. The molecule has 1 heterocycles. The molecule has 0 saturated heterocycles. The quantitative estimate of drug-likeness (QED) is 0.614. The third-order valence-corrected chi connectivity index (χ3v) is 3.33. The Morgan fingerprint density at radius 2 is 1.63 bits per heavy atom. The summed E-state index contributed by atoms with van der Waals surface area (Å²) in [5.41, 5.74) is 2.17. The Labute approximate surface area is 120 Å². The highest BCUT2D eigenvalue weighted by Gasteiger charge is 2.01. The summed E-state index contributed by atoms with van der Waals surface area (Å²) in [6.07, 6.45) is 0. The number of rotatable bonds is 2. The van der Waals surface area contributed by atoms with Crippen LogP contribution in [0.25, 0.3) is 10.9 Å². The molecule has 19 heavy (non-hydrogen) atoms. The van der Waals surface area contributed by atoms with E-state index < -0.39 is 0 Å². The van der Waals surface area contributed by atoms with Crippen molar-refractivity contribution in [2.45, 2.75) is 6.92 Å². The highest BCUT2D eigenvalue weighted by Crippen LogP contribution is 2.26. The van der Waals surface area contributed by atoms with Crippen molar-refractivity contribution in [3.05, 3.63) is 64.8 Å². The molecule has 94 valence electrons. The minimum Gasteiger partial charge on any atom is -0.457 e. The van der Waals surface area contributed by atoms with Crippen LogP contribution in [0.3, 0.4) is 0 Å². The highest BCUT2D eigenvalue weighted by molar-refractivity contribution is 9.10. The average molecular weight is 314 g/mol. The lowest BCUT2D eigenvalue weighted by atomic mass is 10.2. The molecule has 0 aliphatic heterocycles. The Balaban J connectivity index is 1.93. The van der Waals surface area contributed by atoms with Gasteiger partial charge >= 0.3 is 0 Å². The van der Waals surface area contributed by atoms with Gasteiger partial charge in [-0.1, -0.05) is 17.7 Å². The van der Waals surface area contributed by atoms with Crippen LogP contribution in [0.5, 0.6) is 11.5 Å². The van der Waals surface area contributed by atoms with E-state index in [0.717, 1.165) is 27.0 Å². The molecule has 0 fully saturated rings. The van der Waals surface area contributed by atoms with Crippen molar-refractivity contribution in [2.24, 2.45) is 0 Å².